The summed E-state index contributed by atoms with van der Waals surface area (Å²) >= 11 is 6.16. The van der Waals surface area contributed by atoms with Gasteiger partial charge < -0.3 is 4.74 Å². The van der Waals surface area contributed by atoms with E-state index < -0.39 is 0 Å². The van der Waals surface area contributed by atoms with Crippen LogP contribution in [0.2, 0.25) is 5.02 Å². The van der Waals surface area contributed by atoms with Gasteiger partial charge in [0.05, 0.1) is 6.61 Å². The van der Waals surface area contributed by atoms with Crippen molar-refractivity contribution in [1.82, 2.24) is 0 Å². The molecule has 2 nitrogen and oxygen atoms in total. The molecule has 2 rings (SSSR count). The van der Waals surface area contributed by atoms with Crippen molar-refractivity contribution in [2.24, 2.45) is 0 Å². The lowest BCUT2D eigenvalue weighted by atomic mass is 9.88. The molecule has 0 bridgehead atoms. The molecule has 0 amide bonds. The van der Waals surface area contributed by atoms with Crippen LogP contribution in [-0.4, -0.2) is 12.6 Å². The number of esters is 1. The predicted molar refractivity (Wildman–Crippen MR) is 68.2 cm³/mol. The maximum atomic E-state index is 11.4. The van der Waals surface area contributed by atoms with Gasteiger partial charge in [-0.05, 0) is 43.4 Å². The highest BCUT2D eigenvalue weighted by Crippen LogP contribution is 2.30. The molecule has 1 aliphatic rings. The van der Waals surface area contributed by atoms with Crippen molar-refractivity contribution in [3.63, 3.8) is 0 Å². The Bertz CT molecular complexity index is 463. The Hall–Kier alpha value is -1.28. The number of rotatable bonds is 2. The van der Waals surface area contributed by atoms with Gasteiger partial charge in [0.25, 0.3) is 0 Å². The number of carbonyl (C=O) groups excluding carboxylic acids is 1. The van der Waals surface area contributed by atoms with Gasteiger partial charge in [-0.3, -0.25) is 0 Å². The molecular weight excluding hydrogens is 236 g/mol. The average Bonchev–Trinajstić information content (AvgIpc) is 2.30. The third kappa shape index (κ3) is 2.89. The quantitative estimate of drug-likeness (QED) is 0.595. The number of allylic oxidation sites excluding steroid dienone is 1. The van der Waals surface area contributed by atoms with Crippen LogP contribution >= 0.6 is 11.6 Å². The molecule has 0 aliphatic heterocycles. The fourth-order valence-corrected chi connectivity index (χ4v) is 2.38. The maximum absolute atomic E-state index is 11.4. The second-order valence-electron chi connectivity index (χ2n) is 4.11. The van der Waals surface area contributed by atoms with Crippen LogP contribution < -0.4 is 0 Å². The molecular formula is C14H15ClO2. The van der Waals surface area contributed by atoms with Crippen LogP contribution in [0.1, 0.15) is 24.5 Å². The van der Waals surface area contributed by atoms with Gasteiger partial charge in [0, 0.05) is 11.1 Å². The van der Waals surface area contributed by atoms with Crippen molar-refractivity contribution < 1.29 is 9.53 Å². The highest BCUT2D eigenvalue weighted by atomic mass is 35.5. The van der Waals surface area contributed by atoms with E-state index in [-0.39, 0.29) is 5.97 Å². The van der Waals surface area contributed by atoms with E-state index in [1.54, 1.807) is 6.08 Å². The summed E-state index contributed by atoms with van der Waals surface area (Å²) in [5.41, 5.74) is 3.54. The second-order valence-corrected chi connectivity index (χ2v) is 4.52. The Kier molecular flexibility index (Phi) is 3.85. The zero-order chi connectivity index (χ0) is 12.3. The fraction of sp³-hybridized carbons (Fsp3) is 0.357. The third-order valence-electron chi connectivity index (χ3n) is 2.94. The van der Waals surface area contributed by atoms with Gasteiger partial charge in [-0.15, -0.1) is 0 Å². The molecule has 0 saturated carbocycles. The van der Waals surface area contributed by atoms with Crippen LogP contribution in [0.4, 0.5) is 0 Å². The molecule has 0 fully saturated rings. The second kappa shape index (κ2) is 5.37. The topological polar surface area (TPSA) is 26.3 Å². The molecule has 1 aromatic carbocycles. The molecule has 0 atom stereocenters. The lowest BCUT2D eigenvalue weighted by Gasteiger charge is -2.19. The monoisotopic (exact) mass is 250 g/mol. The Balaban J connectivity index is 2.18. The summed E-state index contributed by atoms with van der Waals surface area (Å²) in [5.74, 6) is -0.252. The van der Waals surface area contributed by atoms with E-state index in [9.17, 15) is 4.79 Å². The van der Waals surface area contributed by atoms with E-state index in [1.165, 1.54) is 5.56 Å². The molecule has 0 spiro atoms. The molecule has 90 valence electrons. The average molecular weight is 251 g/mol. The molecule has 3 heteroatoms. The minimum Gasteiger partial charge on any atom is -0.463 e. The first-order chi connectivity index (χ1) is 8.20. The number of halogens is 1. The highest BCUT2D eigenvalue weighted by Gasteiger charge is 2.16. The van der Waals surface area contributed by atoms with Crippen LogP contribution in [0.25, 0.3) is 0 Å². The van der Waals surface area contributed by atoms with Gasteiger partial charge in [-0.25, -0.2) is 4.79 Å². The summed E-state index contributed by atoms with van der Waals surface area (Å²) in [4.78, 5) is 11.4. The number of hydrogen-bond acceptors (Lipinski definition) is 2. The number of carbonyl (C=O) groups is 1. The maximum Gasteiger partial charge on any atom is 0.330 e. The van der Waals surface area contributed by atoms with Crippen molar-refractivity contribution in [3.05, 3.63) is 46.0 Å². The van der Waals surface area contributed by atoms with Crippen molar-refractivity contribution in [3.8, 4) is 0 Å². The fourth-order valence-electron chi connectivity index (χ4n) is 2.12. The molecule has 1 aromatic rings. The van der Waals surface area contributed by atoms with Gasteiger partial charge in [-0.2, -0.15) is 0 Å². The largest absolute Gasteiger partial charge is 0.463 e. The van der Waals surface area contributed by atoms with Gasteiger partial charge in [0.1, 0.15) is 0 Å². The van der Waals surface area contributed by atoms with E-state index in [0.29, 0.717) is 6.61 Å². The number of fused-ring (bicyclic) bond motifs is 1. The smallest absolute Gasteiger partial charge is 0.330 e. The van der Waals surface area contributed by atoms with E-state index in [0.717, 1.165) is 35.4 Å². The Morgan fingerprint density at radius 1 is 1.47 bits per heavy atom. The van der Waals surface area contributed by atoms with Crippen molar-refractivity contribution in [2.45, 2.75) is 26.2 Å². The molecule has 0 N–H and O–H groups in total. The molecule has 0 heterocycles. The standard InChI is InChI=1S/C14H15ClO2/c1-2-17-14(16)9-10-6-7-11-4-3-5-13(15)12(11)8-10/h3-5,9H,2,6-8H2,1H3/b10-9-. The molecule has 0 unspecified atom stereocenters. The van der Waals surface area contributed by atoms with Crippen molar-refractivity contribution in [1.29, 1.82) is 0 Å². The highest BCUT2D eigenvalue weighted by molar-refractivity contribution is 6.31. The van der Waals surface area contributed by atoms with Crippen LogP contribution in [0.3, 0.4) is 0 Å². The number of aryl methyl sites for hydroxylation is 1. The van der Waals surface area contributed by atoms with E-state index in [2.05, 4.69) is 6.07 Å². The minimum atomic E-state index is -0.252. The number of ether oxygens (including phenoxy) is 1. The Morgan fingerprint density at radius 2 is 2.29 bits per heavy atom. The van der Waals surface area contributed by atoms with Gasteiger partial charge in [0.15, 0.2) is 0 Å². The van der Waals surface area contributed by atoms with Crippen LogP contribution in [0.15, 0.2) is 29.8 Å². The van der Waals surface area contributed by atoms with E-state index in [4.69, 9.17) is 16.3 Å². The van der Waals surface area contributed by atoms with E-state index in [1.807, 2.05) is 19.1 Å². The van der Waals surface area contributed by atoms with E-state index >= 15 is 0 Å². The summed E-state index contributed by atoms with van der Waals surface area (Å²) in [6.07, 6.45) is 4.22. The van der Waals surface area contributed by atoms with Crippen molar-refractivity contribution in [2.75, 3.05) is 6.61 Å². The predicted octanol–water partition coefficient (Wildman–Crippen LogP) is 3.32. The molecule has 0 aromatic heterocycles. The third-order valence-corrected chi connectivity index (χ3v) is 3.30. The normalized spacial score (nSPS) is 16.7. The Morgan fingerprint density at radius 3 is 3.06 bits per heavy atom. The van der Waals surface area contributed by atoms with Crippen LogP contribution in [0.5, 0.6) is 0 Å². The lowest BCUT2D eigenvalue weighted by molar-refractivity contribution is -0.137. The first-order valence-electron chi connectivity index (χ1n) is 5.83. The molecule has 1 aliphatic carbocycles. The molecule has 17 heavy (non-hydrogen) atoms. The lowest BCUT2D eigenvalue weighted by Crippen LogP contribution is -2.09. The zero-order valence-electron chi connectivity index (χ0n) is 9.83. The molecule has 0 radical (unpaired) electrons. The first-order valence-corrected chi connectivity index (χ1v) is 6.21. The number of benzene rings is 1. The summed E-state index contributed by atoms with van der Waals surface area (Å²) in [6, 6.07) is 5.97. The summed E-state index contributed by atoms with van der Waals surface area (Å²) in [6.45, 7) is 2.23. The number of hydrogen-bond donors (Lipinski definition) is 0. The summed E-state index contributed by atoms with van der Waals surface area (Å²) in [5, 5.41) is 0.789. The van der Waals surface area contributed by atoms with Gasteiger partial charge >= 0.3 is 5.97 Å². The Labute approximate surface area is 106 Å². The van der Waals surface area contributed by atoms with Crippen LogP contribution in [0, 0.1) is 0 Å². The van der Waals surface area contributed by atoms with Crippen LogP contribution in [-0.2, 0) is 22.4 Å². The van der Waals surface area contributed by atoms with Gasteiger partial charge in [0.2, 0.25) is 0 Å². The zero-order valence-corrected chi connectivity index (χ0v) is 10.6. The minimum absolute atomic E-state index is 0.252. The molecule has 0 saturated heterocycles. The summed E-state index contributed by atoms with van der Waals surface area (Å²) in [7, 11) is 0. The SMILES string of the molecule is CCOC(=O)/C=C1/CCc2cccc(Cl)c2C1. The summed E-state index contributed by atoms with van der Waals surface area (Å²) < 4.78 is 4.91. The van der Waals surface area contributed by atoms with Crippen molar-refractivity contribution >= 4 is 17.6 Å². The first kappa shape index (κ1) is 12.2. The van der Waals surface area contributed by atoms with Gasteiger partial charge in [-0.1, -0.05) is 29.3 Å².